The van der Waals surface area contributed by atoms with Crippen LogP contribution >= 0.6 is 11.3 Å². The van der Waals surface area contributed by atoms with Crippen molar-refractivity contribution in [2.75, 3.05) is 0 Å². The molecule has 2 aromatic heterocycles. The van der Waals surface area contributed by atoms with Gasteiger partial charge >= 0.3 is 0 Å². The van der Waals surface area contributed by atoms with Gasteiger partial charge in [0.15, 0.2) is 10.9 Å². The standard InChI is InChI=1S/C18H17N3O3S/c1-2-12(11-6-4-3-5-7-11)20-18(24)13-10-15(22)21-17(19-13)14-8-9-16(23)25-14/h3-10,12,23H,2H2,1H3,(H,20,24)(H,19,21,22). The first-order chi connectivity index (χ1) is 12.1. The summed E-state index contributed by atoms with van der Waals surface area (Å²) < 4.78 is 0. The fourth-order valence-electron chi connectivity index (χ4n) is 2.45. The second-order valence-electron chi connectivity index (χ2n) is 5.42. The number of hydrogen-bond donors (Lipinski definition) is 3. The van der Waals surface area contributed by atoms with Gasteiger partial charge in [0.25, 0.3) is 5.91 Å². The summed E-state index contributed by atoms with van der Waals surface area (Å²) in [6, 6.07) is 13.9. The fraction of sp³-hybridized carbons (Fsp3) is 0.167. The maximum Gasteiger partial charge on any atom is 0.270 e. The Balaban J connectivity index is 1.85. The normalized spacial score (nSPS) is 11.9. The van der Waals surface area contributed by atoms with E-state index in [1.165, 1.54) is 12.1 Å². The predicted octanol–water partition coefficient (Wildman–Crippen LogP) is 3.50. The second kappa shape index (κ2) is 7.31. The van der Waals surface area contributed by atoms with Crippen LogP contribution in [0.15, 0.2) is 48.5 Å². The molecule has 0 spiro atoms. The molecule has 6 nitrogen and oxygen atoms in total. The SMILES string of the molecule is CCC(NC(=O)c1cc(O)nc(-c2ccc(O)s2)n1)c1ccccc1. The maximum atomic E-state index is 12.6. The Morgan fingerprint density at radius 2 is 1.92 bits per heavy atom. The Hall–Kier alpha value is -2.93. The van der Waals surface area contributed by atoms with E-state index in [1.54, 1.807) is 6.07 Å². The third-order valence-corrected chi connectivity index (χ3v) is 4.56. The van der Waals surface area contributed by atoms with Crippen molar-refractivity contribution < 1.29 is 15.0 Å². The zero-order valence-electron chi connectivity index (χ0n) is 13.5. The Morgan fingerprint density at radius 1 is 1.16 bits per heavy atom. The molecule has 2 heterocycles. The van der Waals surface area contributed by atoms with Crippen molar-refractivity contribution in [2.45, 2.75) is 19.4 Å². The number of benzene rings is 1. The van der Waals surface area contributed by atoms with E-state index in [0.717, 1.165) is 23.3 Å². The van der Waals surface area contributed by atoms with Crippen LogP contribution in [-0.2, 0) is 0 Å². The fourth-order valence-corrected chi connectivity index (χ4v) is 3.13. The summed E-state index contributed by atoms with van der Waals surface area (Å²) in [5, 5.41) is 22.3. The van der Waals surface area contributed by atoms with E-state index < -0.39 is 5.91 Å². The molecule has 0 saturated carbocycles. The number of nitrogens with one attached hydrogen (secondary N) is 1. The van der Waals surface area contributed by atoms with Gasteiger partial charge in [0.2, 0.25) is 5.88 Å². The van der Waals surface area contributed by atoms with Gasteiger partial charge in [-0.15, -0.1) is 0 Å². The van der Waals surface area contributed by atoms with Crippen LogP contribution in [-0.4, -0.2) is 26.1 Å². The largest absolute Gasteiger partial charge is 0.499 e. The third-order valence-electron chi connectivity index (χ3n) is 3.67. The molecular weight excluding hydrogens is 338 g/mol. The first kappa shape index (κ1) is 16.9. The zero-order valence-corrected chi connectivity index (χ0v) is 14.3. The molecule has 0 bridgehead atoms. The summed E-state index contributed by atoms with van der Waals surface area (Å²) in [6.45, 7) is 1.98. The van der Waals surface area contributed by atoms with E-state index >= 15 is 0 Å². The van der Waals surface area contributed by atoms with E-state index in [9.17, 15) is 15.0 Å². The minimum Gasteiger partial charge on any atom is -0.499 e. The quantitative estimate of drug-likeness (QED) is 0.651. The molecule has 0 aliphatic heterocycles. The van der Waals surface area contributed by atoms with Gasteiger partial charge in [-0.3, -0.25) is 4.79 Å². The van der Waals surface area contributed by atoms with E-state index in [-0.39, 0.29) is 28.5 Å². The van der Waals surface area contributed by atoms with Gasteiger partial charge in [-0.25, -0.2) is 4.98 Å². The smallest absolute Gasteiger partial charge is 0.270 e. The van der Waals surface area contributed by atoms with Crippen LogP contribution in [0, 0.1) is 0 Å². The molecule has 0 aliphatic rings. The van der Waals surface area contributed by atoms with E-state index in [1.807, 2.05) is 37.3 Å². The number of thiophene rings is 1. The summed E-state index contributed by atoms with van der Waals surface area (Å²) in [6.07, 6.45) is 0.721. The average Bonchev–Trinajstić information content (AvgIpc) is 3.06. The van der Waals surface area contributed by atoms with Crippen molar-refractivity contribution in [3.05, 3.63) is 59.8 Å². The molecule has 1 unspecified atom stereocenters. The van der Waals surface area contributed by atoms with Crippen molar-refractivity contribution in [3.63, 3.8) is 0 Å². The summed E-state index contributed by atoms with van der Waals surface area (Å²) in [4.78, 5) is 21.3. The van der Waals surface area contributed by atoms with Crippen molar-refractivity contribution in [1.29, 1.82) is 0 Å². The van der Waals surface area contributed by atoms with Gasteiger partial charge < -0.3 is 15.5 Å². The molecule has 3 N–H and O–H groups in total. The van der Waals surface area contributed by atoms with Crippen molar-refractivity contribution >= 4 is 17.2 Å². The van der Waals surface area contributed by atoms with Gasteiger partial charge in [-0.2, -0.15) is 4.98 Å². The lowest BCUT2D eigenvalue weighted by atomic mass is 10.0. The number of nitrogens with zero attached hydrogens (tertiary/aromatic N) is 2. The van der Waals surface area contributed by atoms with E-state index in [2.05, 4.69) is 15.3 Å². The third kappa shape index (κ3) is 3.95. The van der Waals surface area contributed by atoms with Gasteiger partial charge in [0.1, 0.15) is 5.69 Å². The molecule has 0 radical (unpaired) electrons. The van der Waals surface area contributed by atoms with Crippen LogP contribution in [0.1, 0.15) is 35.4 Å². The highest BCUT2D eigenvalue weighted by Gasteiger charge is 2.18. The number of aromatic nitrogens is 2. The van der Waals surface area contributed by atoms with Crippen LogP contribution in [0.25, 0.3) is 10.7 Å². The molecule has 1 aromatic carbocycles. The lowest BCUT2D eigenvalue weighted by Crippen LogP contribution is -2.29. The van der Waals surface area contributed by atoms with Gasteiger partial charge in [-0.1, -0.05) is 48.6 Å². The molecule has 1 atom stereocenters. The molecule has 0 aliphatic carbocycles. The van der Waals surface area contributed by atoms with Crippen molar-refractivity contribution in [2.24, 2.45) is 0 Å². The minimum absolute atomic E-state index is 0.0739. The zero-order chi connectivity index (χ0) is 17.8. The Bertz CT molecular complexity index is 880. The highest BCUT2D eigenvalue weighted by atomic mass is 32.1. The summed E-state index contributed by atoms with van der Waals surface area (Å²) in [7, 11) is 0. The van der Waals surface area contributed by atoms with Crippen molar-refractivity contribution in [1.82, 2.24) is 15.3 Å². The van der Waals surface area contributed by atoms with E-state index in [0.29, 0.717) is 4.88 Å². The summed E-state index contributed by atoms with van der Waals surface area (Å²) >= 11 is 1.07. The summed E-state index contributed by atoms with van der Waals surface area (Å²) in [5.74, 6) is -0.491. The number of rotatable bonds is 5. The Kier molecular flexibility index (Phi) is 4.95. The first-order valence-corrected chi connectivity index (χ1v) is 8.61. The summed E-state index contributed by atoms with van der Waals surface area (Å²) in [5.41, 5.74) is 1.07. The molecule has 3 aromatic rings. The van der Waals surface area contributed by atoms with Crippen LogP contribution in [0.5, 0.6) is 10.9 Å². The highest BCUT2D eigenvalue weighted by Crippen LogP contribution is 2.30. The monoisotopic (exact) mass is 355 g/mol. The number of carbonyl (C=O) groups excluding carboxylic acids is 1. The second-order valence-corrected chi connectivity index (χ2v) is 6.48. The Labute approximate surface area is 148 Å². The van der Waals surface area contributed by atoms with Crippen LogP contribution in [0.4, 0.5) is 0 Å². The van der Waals surface area contributed by atoms with Crippen molar-refractivity contribution in [3.8, 4) is 21.6 Å². The van der Waals surface area contributed by atoms with Crippen LogP contribution in [0.3, 0.4) is 0 Å². The minimum atomic E-state index is -0.393. The van der Waals surface area contributed by atoms with Gasteiger partial charge in [-0.05, 0) is 24.1 Å². The molecule has 0 saturated heterocycles. The lowest BCUT2D eigenvalue weighted by Gasteiger charge is -2.17. The molecular formula is C18H17N3O3S. The van der Waals surface area contributed by atoms with Gasteiger partial charge in [0.05, 0.1) is 10.9 Å². The first-order valence-electron chi connectivity index (χ1n) is 7.80. The number of aromatic hydroxyl groups is 2. The molecule has 25 heavy (non-hydrogen) atoms. The molecule has 7 heteroatoms. The number of hydrogen-bond acceptors (Lipinski definition) is 6. The Morgan fingerprint density at radius 3 is 2.56 bits per heavy atom. The molecule has 128 valence electrons. The predicted molar refractivity (Wildman–Crippen MR) is 95.6 cm³/mol. The highest BCUT2D eigenvalue weighted by molar-refractivity contribution is 7.17. The maximum absolute atomic E-state index is 12.6. The topological polar surface area (TPSA) is 95.3 Å². The molecule has 0 fully saturated rings. The lowest BCUT2D eigenvalue weighted by molar-refractivity contribution is 0.0930. The number of carbonyl (C=O) groups is 1. The van der Waals surface area contributed by atoms with E-state index in [4.69, 9.17) is 0 Å². The molecule has 1 amide bonds. The molecule has 3 rings (SSSR count). The van der Waals surface area contributed by atoms with Gasteiger partial charge in [0, 0.05) is 6.07 Å². The average molecular weight is 355 g/mol. The van der Waals surface area contributed by atoms with Crippen LogP contribution in [0.2, 0.25) is 0 Å². The number of amides is 1. The van der Waals surface area contributed by atoms with Crippen LogP contribution < -0.4 is 5.32 Å².